The topological polar surface area (TPSA) is 109 Å². The van der Waals surface area contributed by atoms with Gasteiger partial charge in [-0.3, -0.25) is 4.79 Å². The molecule has 0 saturated carbocycles. The molecule has 0 saturated heterocycles. The summed E-state index contributed by atoms with van der Waals surface area (Å²) in [6.07, 6.45) is 1.15. The summed E-state index contributed by atoms with van der Waals surface area (Å²) in [5.41, 5.74) is 4.96. The van der Waals surface area contributed by atoms with Gasteiger partial charge in [0.2, 0.25) is 10.0 Å². The molecule has 0 bridgehead atoms. The SMILES string of the molecule is Cc1cc(C)c(S(=O)(=O)N2Cc3ccc(-c4cccc(S(C)(=O)=O)c4)cc3CC2C(=O)O)c(C)c1. The third kappa shape index (κ3) is 4.76. The van der Waals surface area contributed by atoms with Crippen molar-refractivity contribution in [3.05, 3.63) is 82.4 Å². The number of aryl methyl sites for hydroxylation is 3. The van der Waals surface area contributed by atoms with Crippen molar-refractivity contribution in [3.8, 4) is 11.1 Å². The van der Waals surface area contributed by atoms with Gasteiger partial charge in [-0.25, -0.2) is 16.8 Å². The van der Waals surface area contributed by atoms with Crippen LogP contribution in [0.25, 0.3) is 11.1 Å². The number of carbonyl (C=O) groups is 1. The standard InChI is InChI=1S/C26H27NO6S2/c1-16-10-17(2)25(18(3)11-16)35(32,33)27-15-21-9-8-20(12-22(21)14-24(27)26(28)29)19-6-5-7-23(13-19)34(4,30)31/h5-13,24H,14-15H2,1-4H3,(H,28,29). The van der Waals surface area contributed by atoms with Gasteiger partial charge in [0.1, 0.15) is 6.04 Å². The average molecular weight is 514 g/mol. The molecule has 1 heterocycles. The van der Waals surface area contributed by atoms with Crippen molar-refractivity contribution >= 4 is 25.8 Å². The quantitative estimate of drug-likeness (QED) is 0.555. The number of rotatable bonds is 5. The summed E-state index contributed by atoms with van der Waals surface area (Å²) in [5.74, 6) is -1.22. The highest BCUT2D eigenvalue weighted by molar-refractivity contribution is 7.90. The molecular formula is C26H27NO6S2. The summed E-state index contributed by atoms with van der Waals surface area (Å²) in [6, 6.07) is 14.3. The van der Waals surface area contributed by atoms with Crippen molar-refractivity contribution in [2.24, 2.45) is 0 Å². The van der Waals surface area contributed by atoms with Crippen LogP contribution in [0.1, 0.15) is 27.8 Å². The van der Waals surface area contributed by atoms with Crippen LogP contribution in [0.5, 0.6) is 0 Å². The molecule has 0 aromatic heterocycles. The maximum Gasteiger partial charge on any atom is 0.322 e. The van der Waals surface area contributed by atoms with E-state index in [1.165, 1.54) is 6.07 Å². The average Bonchev–Trinajstić information content (AvgIpc) is 2.76. The second-order valence-corrected chi connectivity index (χ2v) is 13.0. The van der Waals surface area contributed by atoms with E-state index in [0.717, 1.165) is 32.8 Å². The summed E-state index contributed by atoms with van der Waals surface area (Å²) in [5, 5.41) is 9.97. The fourth-order valence-electron chi connectivity index (χ4n) is 4.80. The zero-order valence-electron chi connectivity index (χ0n) is 19.9. The third-order valence-electron chi connectivity index (χ3n) is 6.35. The molecule has 1 aliphatic heterocycles. The van der Waals surface area contributed by atoms with Crippen LogP contribution in [0, 0.1) is 20.8 Å². The van der Waals surface area contributed by atoms with Gasteiger partial charge in [0.15, 0.2) is 9.84 Å². The van der Waals surface area contributed by atoms with Crippen LogP contribution in [0.3, 0.4) is 0 Å². The van der Waals surface area contributed by atoms with E-state index in [0.29, 0.717) is 16.7 Å². The Balaban J connectivity index is 1.77. The van der Waals surface area contributed by atoms with Crippen molar-refractivity contribution in [2.75, 3.05) is 6.26 Å². The molecule has 35 heavy (non-hydrogen) atoms. The van der Waals surface area contributed by atoms with E-state index in [1.54, 1.807) is 56.3 Å². The van der Waals surface area contributed by atoms with Crippen molar-refractivity contribution < 1.29 is 26.7 Å². The lowest BCUT2D eigenvalue weighted by Crippen LogP contribution is -2.48. The first kappa shape index (κ1) is 25.1. The largest absolute Gasteiger partial charge is 0.480 e. The number of fused-ring (bicyclic) bond motifs is 1. The second-order valence-electron chi connectivity index (χ2n) is 9.12. The molecule has 1 N–H and O–H groups in total. The maximum absolute atomic E-state index is 13.7. The predicted octanol–water partition coefficient (Wildman–Crippen LogP) is 3.88. The van der Waals surface area contributed by atoms with E-state index in [-0.39, 0.29) is 22.8 Å². The van der Waals surface area contributed by atoms with Crippen LogP contribution in [0.2, 0.25) is 0 Å². The highest BCUT2D eigenvalue weighted by atomic mass is 32.2. The molecule has 7 nitrogen and oxygen atoms in total. The second kappa shape index (κ2) is 8.89. The fourth-order valence-corrected chi connectivity index (χ4v) is 7.44. The van der Waals surface area contributed by atoms with Crippen LogP contribution in [0.15, 0.2) is 64.4 Å². The Kier molecular flexibility index (Phi) is 6.37. The lowest BCUT2D eigenvalue weighted by atomic mass is 9.92. The molecule has 3 aromatic rings. The molecule has 1 unspecified atom stereocenters. The number of carboxylic acids is 1. The Labute approximate surface area is 206 Å². The molecule has 0 radical (unpaired) electrons. The molecule has 0 spiro atoms. The lowest BCUT2D eigenvalue weighted by Gasteiger charge is -2.34. The van der Waals surface area contributed by atoms with Crippen LogP contribution in [-0.2, 0) is 37.6 Å². The zero-order valence-corrected chi connectivity index (χ0v) is 21.6. The van der Waals surface area contributed by atoms with Crippen molar-refractivity contribution in [1.82, 2.24) is 4.31 Å². The van der Waals surface area contributed by atoms with E-state index in [1.807, 2.05) is 13.0 Å². The molecule has 184 valence electrons. The molecule has 1 aliphatic rings. The summed E-state index contributed by atoms with van der Waals surface area (Å²) >= 11 is 0. The minimum Gasteiger partial charge on any atom is -0.480 e. The summed E-state index contributed by atoms with van der Waals surface area (Å²) < 4.78 is 52.4. The Morgan fingerprint density at radius 3 is 2.11 bits per heavy atom. The molecule has 9 heteroatoms. The van der Waals surface area contributed by atoms with Gasteiger partial charge in [0.25, 0.3) is 0 Å². The molecule has 0 aliphatic carbocycles. The molecule has 1 atom stereocenters. The minimum absolute atomic E-state index is 0.00740. The van der Waals surface area contributed by atoms with Crippen molar-refractivity contribution in [3.63, 3.8) is 0 Å². The summed E-state index contributed by atoms with van der Waals surface area (Å²) in [7, 11) is -7.46. The van der Waals surface area contributed by atoms with Crippen molar-refractivity contribution in [2.45, 2.75) is 49.6 Å². The van der Waals surface area contributed by atoms with Gasteiger partial charge < -0.3 is 5.11 Å². The maximum atomic E-state index is 13.7. The first-order valence-corrected chi connectivity index (χ1v) is 14.4. The molecular weight excluding hydrogens is 486 g/mol. The molecule has 3 aromatic carbocycles. The number of sulfonamides is 1. The Morgan fingerprint density at radius 1 is 0.886 bits per heavy atom. The van der Waals surface area contributed by atoms with Gasteiger partial charge in [-0.05, 0) is 66.3 Å². The van der Waals surface area contributed by atoms with Gasteiger partial charge in [-0.2, -0.15) is 4.31 Å². The predicted molar refractivity (Wildman–Crippen MR) is 133 cm³/mol. The molecule has 4 rings (SSSR count). The van der Waals surface area contributed by atoms with E-state index in [9.17, 15) is 26.7 Å². The number of aliphatic carboxylic acids is 1. The van der Waals surface area contributed by atoms with Gasteiger partial charge in [-0.1, -0.05) is 48.0 Å². The Hall–Kier alpha value is -3.01. The first-order chi connectivity index (χ1) is 16.3. The number of sulfone groups is 1. The number of benzene rings is 3. The van der Waals surface area contributed by atoms with Crippen LogP contribution < -0.4 is 0 Å². The summed E-state index contributed by atoms with van der Waals surface area (Å²) in [6.45, 7) is 5.26. The van der Waals surface area contributed by atoms with Crippen LogP contribution in [-0.4, -0.2) is 44.5 Å². The van der Waals surface area contributed by atoms with E-state index < -0.39 is 31.9 Å². The zero-order chi connectivity index (χ0) is 25.7. The van der Waals surface area contributed by atoms with Gasteiger partial charge in [-0.15, -0.1) is 0 Å². The van der Waals surface area contributed by atoms with E-state index in [4.69, 9.17) is 0 Å². The minimum atomic E-state index is -4.08. The highest BCUT2D eigenvalue weighted by Gasteiger charge is 2.41. The number of hydrogen-bond donors (Lipinski definition) is 1. The normalized spacial score (nSPS) is 16.6. The van der Waals surface area contributed by atoms with E-state index >= 15 is 0 Å². The Bertz CT molecular complexity index is 1540. The monoisotopic (exact) mass is 513 g/mol. The van der Waals surface area contributed by atoms with E-state index in [2.05, 4.69) is 0 Å². The number of carboxylic acid groups (broad SMARTS) is 1. The number of hydrogen-bond acceptors (Lipinski definition) is 5. The van der Waals surface area contributed by atoms with Gasteiger partial charge in [0.05, 0.1) is 9.79 Å². The Morgan fingerprint density at radius 2 is 1.51 bits per heavy atom. The molecule has 0 amide bonds. The first-order valence-electron chi connectivity index (χ1n) is 11.0. The fraction of sp³-hybridized carbons (Fsp3) is 0.269. The smallest absolute Gasteiger partial charge is 0.322 e. The van der Waals surface area contributed by atoms with Crippen LogP contribution >= 0.6 is 0 Å². The highest BCUT2D eigenvalue weighted by Crippen LogP contribution is 2.34. The molecule has 0 fully saturated rings. The van der Waals surface area contributed by atoms with Gasteiger partial charge >= 0.3 is 5.97 Å². The lowest BCUT2D eigenvalue weighted by molar-refractivity contribution is -0.141. The van der Waals surface area contributed by atoms with Gasteiger partial charge in [0, 0.05) is 19.2 Å². The van der Waals surface area contributed by atoms with Crippen molar-refractivity contribution in [1.29, 1.82) is 0 Å². The van der Waals surface area contributed by atoms with Crippen LogP contribution in [0.4, 0.5) is 0 Å². The third-order valence-corrected chi connectivity index (χ3v) is 9.62. The number of nitrogens with zero attached hydrogens (tertiary/aromatic N) is 1. The summed E-state index contributed by atoms with van der Waals surface area (Å²) in [4.78, 5) is 12.6.